The van der Waals surface area contributed by atoms with Crippen LogP contribution in [0.1, 0.15) is 30.5 Å². The van der Waals surface area contributed by atoms with E-state index in [4.69, 9.17) is 0 Å². The zero-order valence-electron chi connectivity index (χ0n) is 9.88. The van der Waals surface area contributed by atoms with E-state index < -0.39 is 0 Å². The van der Waals surface area contributed by atoms with Gasteiger partial charge in [0.1, 0.15) is 5.82 Å². The second-order valence-corrected chi connectivity index (χ2v) is 4.95. The Morgan fingerprint density at radius 3 is 3.06 bits per heavy atom. The molecular formula is C12H18N4O. The van der Waals surface area contributed by atoms with Crippen LogP contribution in [0.3, 0.4) is 0 Å². The van der Waals surface area contributed by atoms with Gasteiger partial charge in [-0.05, 0) is 18.8 Å². The molecule has 92 valence electrons. The van der Waals surface area contributed by atoms with Gasteiger partial charge in [0.25, 0.3) is 0 Å². The molecule has 1 aliphatic heterocycles. The standard InChI is InChI=1S/C12H18N4O/c17-12-15-10-4-5-13-7-9(10)11(16-12)14-6-8-2-1-3-8/h8,13H,1-7H2,(H2,14,15,16,17). The fraction of sp³-hybridized carbons (Fsp3) is 0.667. The van der Waals surface area contributed by atoms with E-state index in [1.807, 2.05) is 0 Å². The first kappa shape index (κ1) is 10.8. The van der Waals surface area contributed by atoms with E-state index in [1.54, 1.807) is 0 Å². The minimum absolute atomic E-state index is 0.234. The number of nitrogens with one attached hydrogen (secondary N) is 3. The number of nitrogens with zero attached hydrogens (tertiary/aromatic N) is 1. The normalized spacial score (nSPS) is 19.5. The van der Waals surface area contributed by atoms with E-state index in [1.165, 1.54) is 19.3 Å². The van der Waals surface area contributed by atoms with Gasteiger partial charge in [-0.15, -0.1) is 0 Å². The van der Waals surface area contributed by atoms with Crippen molar-refractivity contribution in [3.05, 3.63) is 21.7 Å². The zero-order chi connectivity index (χ0) is 11.7. The van der Waals surface area contributed by atoms with Gasteiger partial charge in [0, 0.05) is 37.3 Å². The van der Waals surface area contributed by atoms with Crippen molar-refractivity contribution in [1.29, 1.82) is 0 Å². The van der Waals surface area contributed by atoms with Crippen molar-refractivity contribution in [2.75, 3.05) is 18.4 Å². The summed E-state index contributed by atoms with van der Waals surface area (Å²) in [6.07, 6.45) is 4.83. The van der Waals surface area contributed by atoms with Crippen LogP contribution in [0.15, 0.2) is 4.79 Å². The third-order valence-corrected chi connectivity index (χ3v) is 3.76. The molecule has 0 unspecified atom stereocenters. The summed E-state index contributed by atoms with van der Waals surface area (Å²) in [5, 5.41) is 6.66. The Kier molecular flexibility index (Phi) is 2.84. The Balaban J connectivity index is 1.81. The molecule has 1 aliphatic carbocycles. The zero-order valence-corrected chi connectivity index (χ0v) is 9.88. The molecule has 0 atom stereocenters. The highest BCUT2D eigenvalue weighted by atomic mass is 16.1. The summed E-state index contributed by atoms with van der Waals surface area (Å²) in [6.45, 7) is 2.67. The molecule has 1 aromatic heterocycles. The lowest BCUT2D eigenvalue weighted by Crippen LogP contribution is -2.31. The number of aromatic amines is 1. The lowest BCUT2D eigenvalue weighted by atomic mass is 9.85. The van der Waals surface area contributed by atoms with E-state index in [0.29, 0.717) is 0 Å². The highest BCUT2D eigenvalue weighted by Crippen LogP contribution is 2.27. The Morgan fingerprint density at radius 1 is 1.41 bits per heavy atom. The minimum atomic E-state index is -0.234. The van der Waals surface area contributed by atoms with Crippen LogP contribution in [0.5, 0.6) is 0 Å². The monoisotopic (exact) mass is 234 g/mol. The smallest absolute Gasteiger partial charge is 0.347 e. The van der Waals surface area contributed by atoms with Gasteiger partial charge < -0.3 is 15.6 Å². The van der Waals surface area contributed by atoms with E-state index >= 15 is 0 Å². The average Bonchev–Trinajstić information content (AvgIpc) is 2.26. The highest BCUT2D eigenvalue weighted by molar-refractivity contribution is 5.46. The van der Waals surface area contributed by atoms with Crippen LogP contribution < -0.4 is 16.3 Å². The average molecular weight is 234 g/mol. The molecule has 0 spiro atoms. The molecule has 1 fully saturated rings. The first-order chi connectivity index (χ1) is 8.33. The fourth-order valence-corrected chi connectivity index (χ4v) is 2.46. The highest BCUT2D eigenvalue weighted by Gasteiger charge is 2.19. The molecule has 5 heteroatoms. The number of H-pyrrole nitrogens is 1. The van der Waals surface area contributed by atoms with Crippen molar-refractivity contribution >= 4 is 5.82 Å². The molecule has 2 heterocycles. The van der Waals surface area contributed by atoms with Crippen LogP contribution in [-0.2, 0) is 13.0 Å². The molecule has 3 rings (SSSR count). The van der Waals surface area contributed by atoms with E-state index in [9.17, 15) is 4.79 Å². The van der Waals surface area contributed by atoms with Crippen LogP contribution in [0.4, 0.5) is 5.82 Å². The molecule has 1 saturated carbocycles. The Morgan fingerprint density at radius 2 is 2.29 bits per heavy atom. The van der Waals surface area contributed by atoms with Gasteiger partial charge in [-0.1, -0.05) is 6.42 Å². The number of hydrogen-bond donors (Lipinski definition) is 3. The SMILES string of the molecule is O=c1nc(NCC2CCC2)c2c([nH]1)CCNC2. The number of rotatable bonds is 3. The minimum Gasteiger partial charge on any atom is -0.369 e. The first-order valence-corrected chi connectivity index (χ1v) is 6.39. The van der Waals surface area contributed by atoms with Crippen molar-refractivity contribution in [2.24, 2.45) is 5.92 Å². The molecule has 5 nitrogen and oxygen atoms in total. The predicted molar refractivity (Wildman–Crippen MR) is 66.1 cm³/mol. The molecule has 0 amide bonds. The molecule has 0 aromatic carbocycles. The third kappa shape index (κ3) is 2.20. The Bertz CT molecular complexity index is 464. The van der Waals surface area contributed by atoms with Gasteiger partial charge in [-0.2, -0.15) is 4.98 Å². The molecule has 17 heavy (non-hydrogen) atoms. The topological polar surface area (TPSA) is 69.8 Å². The van der Waals surface area contributed by atoms with Crippen LogP contribution in [0.25, 0.3) is 0 Å². The fourth-order valence-electron chi connectivity index (χ4n) is 2.46. The van der Waals surface area contributed by atoms with Crippen LogP contribution in [-0.4, -0.2) is 23.1 Å². The summed E-state index contributed by atoms with van der Waals surface area (Å²) < 4.78 is 0. The molecule has 0 radical (unpaired) electrons. The van der Waals surface area contributed by atoms with E-state index in [0.717, 1.165) is 49.0 Å². The van der Waals surface area contributed by atoms with E-state index in [-0.39, 0.29) is 5.69 Å². The maximum Gasteiger partial charge on any atom is 0.347 e. The van der Waals surface area contributed by atoms with Crippen LogP contribution >= 0.6 is 0 Å². The van der Waals surface area contributed by atoms with Crippen LogP contribution in [0, 0.1) is 5.92 Å². The Labute approximate surface area is 100 Å². The summed E-state index contributed by atoms with van der Waals surface area (Å²) in [7, 11) is 0. The summed E-state index contributed by atoms with van der Waals surface area (Å²) >= 11 is 0. The quantitative estimate of drug-likeness (QED) is 0.717. The van der Waals surface area contributed by atoms with Crippen molar-refractivity contribution in [3.63, 3.8) is 0 Å². The molecule has 1 aromatic rings. The van der Waals surface area contributed by atoms with Crippen LogP contribution in [0.2, 0.25) is 0 Å². The second kappa shape index (κ2) is 4.49. The summed E-state index contributed by atoms with van der Waals surface area (Å²) in [5.74, 6) is 1.55. The maximum atomic E-state index is 11.5. The van der Waals surface area contributed by atoms with Gasteiger partial charge in [0.2, 0.25) is 0 Å². The van der Waals surface area contributed by atoms with Gasteiger partial charge in [0.05, 0.1) is 0 Å². The molecule has 2 aliphatic rings. The van der Waals surface area contributed by atoms with Gasteiger partial charge in [0.15, 0.2) is 0 Å². The van der Waals surface area contributed by atoms with Gasteiger partial charge in [-0.25, -0.2) is 4.79 Å². The summed E-state index contributed by atoms with van der Waals surface area (Å²) in [6, 6.07) is 0. The second-order valence-electron chi connectivity index (χ2n) is 4.95. The van der Waals surface area contributed by atoms with Crippen molar-refractivity contribution in [2.45, 2.75) is 32.2 Å². The largest absolute Gasteiger partial charge is 0.369 e. The first-order valence-electron chi connectivity index (χ1n) is 6.39. The van der Waals surface area contributed by atoms with Crippen molar-refractivity contribution in [1.82, 2.24) is 15.3 Å². The summed E-state index contributed by atoms with van der Waals surface area (Å²) in [4.78, 5) is 18.4. The number of fused-ring (bicyclic) bond motifs is 1. The third-order valence-electron chi connectivity index (χ3n) is 3.76. The van der Waals surface area contributed by atoms with E-state index in [2.05, 4.69) is 20.6 Å². The lowest BCUT2D eigenvalue weighted by Gasteiger charge is -2.27. The predicted octanol–water partition coefficient (Wildman–Crippen LogP) is 0.628. The Hall–Kier alpha value is -1.36. The molecule has 0 bridgehead atoms. The number of hydrogen-bond acceptors (Lipinski definition) is 4. The van der Waals surface area contributed by atoms with Crippen molar-refractivity contribution in [3.8, 4) is 0 Å². The van der Waals surface area contributed by atoms with Gasteiger partial charge in [-0.3, -0.25) is 0 Å². The number of aromatic nitrogens is 2. The van der Waals surface area contributed by atoms with Gasteiger partial charge >= 0.3 is 5.69 Å². The molecule has 3 N–H and O–H groups in total. The maximum absolute atomic E-state index is 11.5. The number of anilines is 1. The molecule has 0 saturated heterocycles. The van der Waals surface area contributed by atoms with Crippen molar-refractivity contribution < 1.29 is 0 Å². The molecular weight excluding hydrogens is 216 g/mol. The summed E-state index contributed by atoms with van der Waals surface area (Å²) in [5.41, 5.74) is 1.94. The lowest BCUT2D eigenvalue weighted by molar-refractivity contribution is 0.333.